The van der Waals surface area contributed by atoms with Crippen molar-refractivity contribution < 1.29 is 19.4 Å². The molecule has 0 spiro atoms. The average molecular weight is 435 g/mol. The fraction of sp³-hybridized carbons (Fsp3) is 0.308. The van der Waals surface area contributed by atoms with E-state index in [9.17, 15) is 14.7 Å². The first-order chi connectivity index (χ1) is 15.2. The van der Waals surface area contributed by atoms with Crippen molar-refractivity contribution in [3.05, 3.63) is 82.9 Å². The highest BCUT2D eigenvalue weighted by atomic mass is 16.5. The molecule has 6 heteroatoms. The standard InChI is InChI=1S/C26H30N2O4/c1-6-15-32-21-12-11-20(16-18(21)3)24(29)22-23(19-9-7-17(2)8-10-19)28(14-13-27(4)5)26(31)25(22)30/h6-12,16,23,29H,1,13-15H2,2-5H3/t23-/m1/s1. The number of aliphatic hydroxyl groups is 1. The van der Waals surface area contributed by atoms with Crippen molar-refractivity contribution in [1.29, 1.82) is 0 Å². The first kappa shape index (κ1) is 23.3. The van der Waals surface area contributed by atoms with Crippen molar-refractivity contribution in [2.45, 2.75) is 19.9 Å². The molecule has 1 aliphatic rings. The molecular weight excluding hydrogens is 404 g/mol. The van der Waals surface area contributed by atoms with Gasteiger partial charge in [-0.2, -0.15) is 0 Å². The van der Waals surface area contributed by atoms with Gasteiger partial charge >= 0.3 is 0 Å². The van der Waals surface area contributed by atoms with Gasteiger partial charge in [-0.1, -0.05) is 42.5 Å². The number of aryl methyl sites for hydroxylation is 2. The van der Waals surface area contributed by atoms with E-state index >= 15 is 0 Å². The first-order valence-electron chi connectivity index (χ1n) is 10.6. The Morgan fingerprint density at radius 1 is 1.16 bits per heavy atom. The Labute approximate surface area is 189 Å². The minimum absolute atomic E-state index is 0.108. The van der Waals surface area contributed by atoms with Crippen LogP contribution in [0.15, 0.2) is 60.7 Å². The van der Waals surface area contributed by atoms with Crippen molar-refractivity contribution in [3.63, 3.8) is 0 Å². The molecule has 2 aromatic rings. The van der Waals surface area contributed by atoms with Crippen LogP contribution in [0.25, 0.3) is 5.76 Å². The molecule has 1 atom stereocenters. The summed E-state index contributed by atoms with van der Waals surface area (Å²) in [5.74, 6) is -0.777. The molecule has 1 aliphatic heterocycles. The SMILES string of the molecule is C=CCOc1ccc(C(O)=C2C(=O)C(=O)N(CCN(C)C)[C@@H]2c2ccc(C)cc2)cc1C. The van der Waals surface area contributed by atoms with E-state index in [1.54, 1.807) is 29.2 Å². The summed E-state index contributed by atoms with van der Waals surface area (Å²) in [6, 6.07) is 12.2. The van der Waals surface area contributed by atoms with Crippen LogP contribution < -0.4 is 4.74 Å². The molecule has 1 amide bonds. The molecule has 0 saturated carbocycles. The Hall–Kier alpha value is -3.38. The van der Waals surface area contributed by atoms with Gasteiger partial charge in [0.15, 0.2) is 0 Å². The highest BCUT2D eigenvalue weighted by Crippen LogP contribution is 2.39. The number of likely N-dealkylation sites (N-methyl/N-ethyl adjacent to an activating group) is 1. The minimum atomic E-state index is -0.670. The normalized spacial score (nSPS) is 17.8. The summed E-state index contributed by atoms with van der Waals surface area (Å²) in [4.78, 5) is 29.5. The zero-order chi connectivity index (χ0) is 23.4. The lowest BCUT2D eigenvalue weighted by molar-refractivity contribution is -0.140. The lowest BCUT2D eigenvalue weighted by Gasteiger charge is -2.26. The summed E-state index contributed by atoms with van der Waals surface area (Å²) >= 11 is 0. The first-order valence-corrected chi connectivity index (χ1v) is 10.6. The maximum atomic E-state index is 13.1. The van der Waals surface area contributed by atoms with Gasteiger partial charge in [0.05, 0.1) is 11.6 Å². The summed E-state index contributed by atoms with van der Waals surface area (Å²) in [6.07, 6.45) is 1.66. The van der Waals surface area contributed by atoms with Gasteiger partial charge in [0, 0.05) is 18.7 Å². The molecule has 32 heavy (non-hydrogen) atoms. The molecule has 2 aromatic carbocycles. The molecule has 168 valence electrons. The van der Waals surface area contributed by atoms with E-state index in [0.717, 1.165) is 16.7 Å². The second-order valence-corrected chi connectivity index (χ2v) is 8.29. The van der Waals surface area contributed by atoms with Crippen LogP contribution in [-0.2, 0) is 9.59 Å². The van der Waals surface area contributed by atoms with Crippen LogP contribution in [0.3, 0.4) is 0 Å². The summed E-state index contributed by atoms with van der Waals surface area (Å²) in [5.41, 5.74) is 3.25. The fourth-order valence-electron chi connectivity index (χ4n) is 3.78. The molecular formula is C26H30N2O4. The smallest absolute Gasteiger partial charge is 0.295 e. The third-order valence-corrected chi connectivity index (χ3v) is 5.53. The number of amides is 1. The average Bonchev–Trinajstić information content (AvgIpc) is 3.01. The lowest BCUT2D eigenvalue weighted by Crippen LogP contribution is -2.35. The van der Waals surface area contributed by atoms with Crippen LogP contribution >= 0.6 is 0 Å². The van der Waals surface area contributed by atoms with Crippen LogP contribution in [0.5, 0.6) is 5.75 Å². The van der Waals surface area contributed by atoms with Gasteiger partial charge < -0.3 is 19.6 Å². The molecule has 6 nitrogen and oxygen atoms in total. The van der Waals surface area contributed by atoms with Crippen LogP contribution in [0.2, 0.25) is 0 Å². The quantitative estimate of drug-likeness (QED) is 0.296. The summed E-state index contributed by atoms with van der Waals surface area (Å²) in [7, 11) is 3.83. The van der Waals surface area contributed by atoms with E-state index in [-0.39, 0.29) is 11.3 Å². The van der Waals surface area contributed by atoms with Gasteiger partial charge in [-0.3, -0.25) is 9.59 Å². The topological polar surface area (TPSA) is 70.1 Å². The number of aliphatic hydroxyl groups excluding tert-OH is 1. The highest BCUT2D eigenvalue weighted by Gasteiger charge is 2.45. The molecule has 0 aliphatic carbocycles. The second-order valence-electron chi connectivity index (χ2n) is 8.29. The van der Waals surface area contributed by atoms with Crippen molar-refractivity contribution in [1.82, 2.24) is 9.80 Å². The molecule has 0 radical (unpaired) electrons. The van der Waals surface area contributed by atoms with Gasteiger partial charge in [-0.15, -0.1) is 0 Å². The Kier molecular flexibility index (Phi) is 7.15. The number of carbonyl (C=O) groups excluding carboxylic acids is 2. The Balaban J connectivity index is 2.09. The molecule has 0 bridgehead atoms. The van der Waals surface area contributed by atoms with Crippen molar-refractivity contribution in [3.8, 4) is 5.75 Å². The maximum absolute atomic E-state index is 13.1. The Morgan fingerprint density at radius 3 is 2.44 bits per heavy atom. The van der Waals surface area contributed by atoms with Gasteiger partial charge in [0.2, 0.25) is 0 Å². The number of likely N-dealkylation sites (tertiary alicyclic amines) is 1. The monoisotopic (exact) mass is 434 g/mol. The predicted molar refractivity (Wildman–Crippen MR) is 126 cm³/mol. The summed E-state index contributed by atoms with van der Waals surface area (Å²) < 4.78 is 5.61. The van der Waals surface area contributed by atoms with Gasteiger partial charge in [0.1, 0.15) is 18.1 Å². The van der Waals surface area contributed by atoms with Crippen molar-refractivity contribution in [2.24, 2.45) is 0 Å². The third-order valence-electron chi connectivity index (χ3n) is 5.53. The van der Waals surface area contributed by atoms with Crippen molar-refractivity contribution in [2.75, 3.05) is 33.8 Å². The number of nitrogens with zero attached hydrogens (tertiary/aromatic N) is 2. The van der Waals surface area contributed by atoms with Gasteiger partial charge in [-0.05, 0) is 57.3 Å². The zero-order valence-corrected chi connectivity index (χ0v) is 19.1. The van der Waals surface area contributed by atoms with E-state index in [0.29, 0.717) is 31.0 Å². The molecule has 3 rings (SSSR count). The minimum Gasteiger partial charge on any atom is -0.507 e. The summed E-state index contributed by atoms with van der Waals surface area (Å²) in [6.45, 7) is 8.83. The third kappa shape index (κ3) is 4.75. The number of ketones is 1. The lowest BCUT2D eigenvalue weighted by atomic mass is 9.94. The molecule has 0 aromatic heterocycles. The molecule has 1 heterocycles. The number of Topliss-reactive ketones (excluding diaryl/α,β-unsaturated/α-hetero) is 1. The zero-order valence-electron chi connectivity index (χ0n) is 19.1. The number of carbonyl (C=O) groups is 2. The van der Waals surface area contributed by atoms with E-state index in [1.165, 1.54) is 0 Å². The van der Waals surface area contributed by atoms with Gasteiger partial charge in [-0.25, -0.2) is 0 Å². The van der Waals surface area contributed by atoms with Crippen molar-refractivity contribution >= 4 is 17.4 Å². The van der Waals surface area contributed by atoms with E-state index in [4.69, 9.17) is 4.74 Å². The summed E-state index contributed by atoms with van der Waals surface area (Å²) in [5, 5.41) is 11.2. The van der Waals surface area contributed by atoms with E-state index < -0.39 is 17.7 Å². The van der Waals surface area contributed by atoms with Gasteiger partial charge in [0.25, 0.3) is 11.7 Å². The number of rotatable bonds is 8. The van der Waals surface area contributed by atoms with Crippen LogP contribution in [0, 0.1) is 13.8 Å². The second kappa shape index (κ2) is 9.83. The molecule has 1 fully saturated rings. The fourth-order valence-corrected chi connectivity index (χ4v) is 3.78. The molecule has 0 unspecified atom stereocenters. The maximum Gasteiger partial charge on any atom is 0.295 e. The molecule has 1 saturated heterocycles. The van der Waals surface area contributed by atoms with E-state index in [2.05, 4.69) is 6.58 Å². The largest absolute Gasteiger partial charge is 0.507 e. The number of hydrogen-bond donors (Lipinski definition) is 1. The Bertz CT molecular complexity index is 1050. The van der Waals surface area contributed by atoms with Crippen LogP contribution in [-0.4, -0.2) is 60.4 Å². The Morgan fingerprint density at radius 2 is 1.84 bits per heavy atom. The van der Waals surface area contributed by atoms with Crippen LogP contribution in [0.4, 0.5) is 0 Å². The predicted octanol–water partition coefficient (Wildman–Crippen LogP) is 3.85. The number of benzene rings is 2. The highest BCUT2D eigenvalue weighted by molar-refractivity contribution is 6.46. The number of hydrogen-bond acceptors (Lipinski definition) is 5. The number of ether oxygens (including phenoxy) is 1. The van der Waals surface area contributed by atoms with E-state index in [1.807, 2.05) is 57.1 Å². The van der Waals surface area contributed by atoms with Crippen LogP contribution in [0.1, 0.15) is 28.3 Å². The molecule has 1 N–H and O–H groups in total.